The molecule has 2 rings (SSSR count). The molecule has 0 aliphatic rings. The Kier molecular flexibility index (Phi) is 3.33. The lowest BCUT2D eigenvalue weighted by Crippen LogP contribution is -2.25. The molecule has 0 atom stereocenters. The molecule has 0 saturated heterocycles. The first kappa shape index (κ1) is 10.1. The van der Waals surface area contributed by atoms with E-state index in [1.165, 1.54) is 16.3 Å². The smallest absolute Gasteiger partial charge is 0.0454 e. The summed E-state index contributed by atoms with van der Waals surface area (Å²) >= 11 is 0. The lowest BCUT2D eigenvalue weighted by Gasteiger charge is -2.05. The average molecular weight is 200 g/mol. The van der Waals surface area contributed by atoms with E-state index in [0.29, 0.717) is 0 Å². The van der Waals surface area contributed by atoms with E-state index in [0.717, 1.165) is 13.2 Å². The van der Waals surface area contributed by atoms with E-state index in [9.17, 15) is 0 Å². The molecular weight excluding hydrogens is 184 g/mol. The molecule has 0 bridgehead atoms. The zero-order valence-corrected chi connectivity index (χ0v) is 8.96. The number of hydrogen-bond acceptors (Lipinski definition) is 2. The number of nitrogens with one attached hydrogen (secondary N) is 2. The largest absolute Gasteiger partial charge is 0.308 e. The van der Waals surface area contributed by atoms with Crippen LogP contribution < -0.4 is 10.6 Å². The third-order valence-corrected chi connectivity index (χ3v) is 2.44. The molecule has 0 radical (unpaired) electrons. The van der Waals surface area contributed by atoms with Gasteiger partial charge in [-0.05, 0) is 29.4 Å². The molecule has 2 aromatic rings. The van der Waals surface area contributed by atoms with Crippen molar-refractivity contribution in [3.05, 3.63) is 48.0 Å². The van der Waals surface area contributed by atoms with Crippen molar-refractivity contribution >= 4 is 10.8 Å². The van der Waals surface area contributed by atoms with Crippen LogP contribution in [0.4, 0.5) is 0 Å². The number of benzene rings is 2. The Labute approximate surface area is 90.3 Å². The van der Waals surface area contributed by atoms with Gasteiger partial charge in [-0.15, -0.1) is 0 Å². The maximum Gasteiger partial charge on any atom is 0.0454 e. The average Bonchev–Trinajstić information content (AvgIpc) is 2.29. The lowest BCUT2D eigenvalue weighted by molar-refractivity contribution is 0.632. The molecule has 0 aliphatic heterocycles. The zero-order chi connectivity index (χ0) is 10.5. The molecule has 78 valence electrons. The van der Waals surface area contributed by atoms with Crippen LogP contribution in [0.3, 0.4) is 0 Å². The van der Waals surface area contributed by atoms with Gasteiger partial charge in [0, 0.05) is 13.2 Å². The Morgan fingerprint density at radius 1 is 1.00 bits per heavy atom. The minimum absolute atomic E-state index is 0.840. The van der Waals surface area contributed by atoms with Gasteiger partial charge in [0.1, 0.15) is 0 Å². The van der Waals surface area contributed by atoms with E-state index in [2.05, 4.69) is 53.1 Å². The first-order valence-electron chi connectivity index (χ1n) is 5.23. The highest BCUT2D eigenvalue weighted by Crippen LogP contribution is 2.15. The fourth-order valence-corrected chi connectivity index (χ4v) is 1.68. The lowest BCUT2D eigenvalue weighted by atomic mass is 10.1. The van der Waals surface area contributed by atoms with Gasteiger partial charge >= 0.3 is 0 Å². The number of hydrogen-bond donors (Lipinski definition) is 2. The number of fused-ring (bicyclic) bond motifs is 1. The van der Waals surface area contributed by atoms with E-state index in [1.807, 2.05) is 7.05 Å². The molecule has 0 fully saturated rings. The molecule has 2 aromatic carbocycles. The molecule has 0 unspecified atom stereocenters. The Hall–Kier alpha value is -1.38. The van der Waals surface area contributed by atoms with Crippen LogP contribution in [0.15, 0.2) is 42.5 Å². The van der Waals surface area contributed by atoms with Crippen LogP contribution in [-0.2, 0) is 6.54 Å². The Morgan fingerprint density at radius 3 is 2.60 bits per heavy atom. The fourth-order valence-electron chi connectivity index (χ4n) is 1.68. The molecule has 15 heavy (non-hydrogen) atoms. The topological polar surface area (TPSA) is 24.1 Å². The van der Waals surface area contributed by atoms with Crippen LogP contribution in [0.5, 0.6) is 0 Å². The predicted octanol–water partition coefficient (Wildman–Crippen LogP) is 2.11. The highest BCUT2D eigenvalue weighted by molar-refractivity contribution is 5.82. The Bertz CT molecular complexity index is 437. The third kappa shape index (κ3) is 2.55. The van der Waals surface area contributed by atoms with Crippen LogP contribution in [0, 0.1) is 0 Å². The monoisotopic (exact) mass is 200 g/mol. The summed E-state index contributed by atoms with van der Waals surface area (Å²) in [6.07, 6.45) is 0. The van der Waals surface area contributed by atoms with Crippen LogP contribution in [0.1, 0.15) is 5.56 Å². The summed E-state index contributed by atoms with van der Waals surface area (Å²) in [6.45, 7) is 1.75. The van der Waals surface area contributed by atoms with Crippen molar-refractivity contribution < 1.29 is 0 Å². The van der Waals surface area contributed by atoms with E-state index < -0.39 is 0 Å². The molecule has 2 heteroatoms. The van der Waals surface area contributed by atoms with Gasteiger partial charge < -0.3 is 10.6 Å². The third-order valence-electron chi connectivity index (χ3n) is 2.44. The summed E-state index contributed by atoms with van der Waals surface area (Å²) in [5.74, 6) is 0. The highest BCUT2D eigenvalue weighted by atomic mass is 15.0. The minimum Gasteiger partial charge on any atom is -0.308 e. The van der Waals surface area contributed by atoms with E-state index in [1.54, 1.807) is 0 Å². The van der Waals surface area contributed by atoms with Gasteiger partial charge in [-0.2, -0.15) is 0 Å². The summed E-state index contributed by atoms with van der Waals surface area (Å²) in [4.78, 5) is 0. The molecular formula is C13H16N2. The van der Waals surface area contributed by atoms with Crippen molar-refractivity contribution in [2.75, 3.05) is 13.7 Å². The normalized spacial score (nSPS) is 10.7. The molecule has 0 amide bonds. The molecule has 0 aromatic heterocycles. The molecule has 0 spiro atoms. The summed E-state index contributed by atoms with van der Waals surface area (Å²) in [6, 6.07) is 15.0. The van der Waals surface area contributed by atoms with Gasteiger partial charge in [0.25, 0.3) is 0 Å². The fraction of sp³-hybridized carbons (Fsp3) is 0.231. The second-order valence-corrected chi connectivity index (χ2v) is 3.64. The highest BCUT2D eigenvalue weighted by Gasteiger charge is 1.94. The van der Waals surface area contributed by atoms with Crippen molar-refractivity contribution in [1.29, 1.82) is 0 Å². The molecule has 2 N–H and O–H groups in total. The SMILES string of the molecule is CNCNCc1ccc2ccccc2c1. The molecule has 0 saturated carbocycles. The van der Waals surface area contributed by atoms with Gasteiger partial charge in [-0.1, -0.05) is 36.4 Å². The van der Waals surface area contributed by atoms with Gasteiger partial charge in [-0.25, -0.2) is 0 Å². The van der Waals surface area contributed by atoms with Gasteiger partial charge in [0.2, 0.25) is 0 Å². The van der Waals surface area contributed by atoms with Gasteiger partial charge in [-0.3, -0.25) is 0 Å². The molecule has 0 heterocycles. The first-order valence-corrected chi connectivity index (χ1v) is 5.23. The zero-order valence-electron chi connectivity index (χ0n) is 8.96. The summed E-state index contributed by atoms with van der Waals surface area (Å²) < 4.78 is 0. The standard InChI is InChI=1S/C13H16N2/c1-14-10-15-9-11-6-7-12-4-2-3-5-13(12)8-11/h2-8,14-15H,9-10H2,1H3. The summed E-state index contributed by atoms with van der Waals surface area (Å²) in [7, 11) is 1.94. The van der Waals surface area contributed by atoms with E-state index in [-0.39, 0.29) is 0 Å². The quantitative estimate of drug-likeness (QED) is 0.583. The van der Waals surface area contributed by atoms with Crippen molar-refractivity contribution in [2.24, 2.45) is 0 Å². The van der Waals surface area contributed by atoms with Crippen LogP contribution in [-0.4, -0.2) is 13.7 Å². The predicted molar refractivity (Wildman–Crippen MR) is 64.7 cm³/mol. The number of rotatable bonds is 4. The minimum atomic E-state index is 0.840. The van der Waals surface area contributed by atoms with E-state index in [4.69, 9.17) is 0 Å². The second-order valence-electron chi connectivity index (χ2n) is 3.64. The molecule has 0 aliphatic carbocycles. The van der Waals surface area contributed by atoms with Crippen molar-refractivity contribution in [1.82, 2.24) is 10.6 Å². The van der Waals surface area contributed by atoms with Crippen molar-refractivity contribution in [2.45, 2.75) is 6.54 Å². The van der Waals surface area contributed by atoms with Gasteiger partial charge in [0.15, 0.2) is 0 Å². The second kappa shape index (κ2) is 4.91. The van der Waals surface area contributed by atoms with Crippen molar-refractivity contribution in [3.63, 3.8) is 0 Å². The van der Waals surface area contributed by atoms with Gasteiger partial charge in [0.05, 0.1) is 0 Å². The molecule has 2 nitrogen and oxygen atoms in total. The first-order chi connectivity index (χ1) is 7.40. The summed E-state index contributed by atoms with van der Waals surface area (Å²) in [5, 5.41) is 8.98. The summed E-state index contributed by atoms with van der Waals surface area (Å²) in [5.41, 5.74) is 1.32. The van der Waals surface area contributed by atoms with Crippen LogP contribution in [0.2, 0.25) is 0 Å². The Morgan fingerprint density at radius 2 is 1.80 bits per heavy atom. The Balaban J connectivity index is 2.16. The van der Waals surface area contributed by atoms with Crippen molar-refractivity contribution in [3.8, 4) is 0 Å². The van der Waals surface area contributed by atoms with E-state index >= 15 is 0 Å². The van der Waals surface area contributed by atoms with Crippen LogP contribution in [0.25, 0.3) is 10.8 Å². The van der Waals surface area contributed by atoms with Crippen LogP contribution >= 0.6 is 0 Å². The maximum atomic E-state index is 3.30. The maximum absolute atomic E-state index is 3.30.